The third kappa shape index (κ3) is 6.29. The number of nitrogens with one attached hydrogen (secondary N) is 1. The highest BCUT2D eigenvalue weighted by atomic mass is 35.5. The van der Waals surface area contributed by atoms with Gasteiger partial charge in [-0.3, -0.25) is 9.78 Å². The van der Waals surface area contributed by atoms with Gasteiger partial charge in [0, 0.05) is 18.9 Å². The standard InChI is InChI=1S/C29H29Cl2F2N3O5/c1-39-18-7-5-17(6-8-18)15-36-16-23(29(38)11-3-2-4-12-29)41-26-22(40-28(32)33)10-9-19(25(26)36)27(37)35-24-20(30)13-34-14-21(24)31/h5-10,13-14,23,28,38H,2-4,11-12,15-16H2,1H3,(H,34,35,37). The van der Waals surface area contributed by atoms with Gasteiger partial charge in [0.25, 0.3) is 5.91 Å². The second-order valence-corrected chi connectivity index (χ2v) is 10.9. The lowest BCUT2D eigenvalue weighted by molar-refractivity contribution is -0.0887. The first-order valence-electron chi connectivity index (χ1n) is 13.2. The molecule has 1 aliphatic carbocycles. The lowest BCUT2D eigenvalue weighted by atomic mass is 9.80. The van der Waals surface area contributed by atoms with Crippen LogP contribution in [-0.4, -0.2) is 48.0 Å². The number of aliphatic hydroxyl groups is 1. The molecule has 1 saturated carbocycles. The van der Waals surface area contributed by atoms with Crippen molar-refractivity contribution >= 4 is 40.5 Å². The molecule has 12 heteroatoms. The number of rotatable bonds is 8. The van der Waals surface area contributed by atoms with Gasteiger partial charge in [-0.05, 0) is 42.7 Å². The van der Waals surface area contributed by atoms with E-state index in [1.165, 1.54) is 24.5 Å². The van der Waals surface area contributed by atoms with Gasteiger partial charge in [0.15, 0.2) is 11.5 Å². The molecular weight excluding hydrogens is 579 g/mol. The van der Waals surface area contributed by atoms with E-state index < -0.39 is 24.2 Å². The Labute approximate surface area is 246 Å². The first kappa shape index (κ1) is 29.2. The van der Waals surface area contributed by atoms with Crippen LogP contribution in [0.5, 0.6) is 17.2 Å². The summed E-state index contributed by atoms with van der Waals surface area (Å²) < 4.78 is 43.4. The predicted octanol–water partition coefficient (Wildman–Crippen LogP) is 6.71. The Morgan fingerprint density at radius 1 is 1.15 bits per heavy atom. The van der Waals surface area contributed by atoms with E-state index in [4.69, 9.17) is 37.4 Å². The highest BCUT2D eigenvalue weighted by Gasteiger charge is 2.45. The van der Waals surface area contributed by atoms with Crippen molar-refractivity contribution in [1.82, 2.24) is 4.98 Å². The maximum atomic E-state index is 13.7. The number of benzene rings is 2. The second-order valence-electron chi connectivity index (χ2n) is 10.1. The molecule has 1 fully saturated rings. The van der Waals surface area contributed by atoms with E-state index in [2.05, 4.69) is 10.3 Å². The third-order valence-electron chi connectivity index (χ3n) is 7.46. The van der Waals surface area contributed by atoms with Crippen LogP contribution in [0.1, 0.15) is 48.0 Å². The topological polar surface area (TPSA) is 93.2 Å². The summed E-state index contributed by atoms with van der Waals surface area (Å²) in [6.45, 7) is -2.66. The maximum absolute atomic E-state index is 13.7. The van der Waals surface area contributed by atoms with Crippen molar-refractivity contribution in [3.8, 4) is 17.2 Å². The Balaban J connectivity index is 1.61. The summed E-state index contributed by atoms with van der Waals surface area (Å²) >= 11 is 12.5. The van der Waals surface area contributed by atoms with Crippen LogP contribution in [0, 0.1) is 0 Å². The summed E-state index contributed by atoms with van der Waals surface area (Å²) in [7, 11) is 1.57. The molecule has 5 rings (SSSR count). The van der Waals surface area contributed by atoms with Crippen LogP contribution >= 0.6 is 23.2 Å². The molecule has 41 heavy (non-hydrogen) atoms. The summed E-state index contributed by atoms with van der Waals surface area (Å²) in [6.07, 6.45) is 5.57. The Hall–Kier alpha value is -3.34. The number of pyridine rings is 1. The molecule has 1 aromatic heterocycles. The molecule has 2 N–H and O–H groups in total. The zero-order valence-corrected chi connectivity index (χ0v) is 23.7. The molecule has 2 aromatic carbocycles. The molecule has 0 radical (unpaired) electrons. The van der Waals surface area contributed by atoms with Gasteiger partial charge in [-0.15, -0.1) is 0 Å². The summed E-state index contributed by atoms with van der Waals surface area (Å²) in [5.74, 6) is -0.216. The molecule has 3 aromatic rings. The van der Waals surface area contributed by atoms with Gasteiger partial charge >= 0.3 is 6.61 Å². The third-order valence-corrected chi connectivity index (χ3v) is 8.03. The predicted molar refractivity (Wildman–Crippen MR) is 152 cm³/mol. The van der Waals surface area contributed by atoms with E-state index in [1.54, 1.807) is 19.2 Å². The Morgan fingerprint density at radius 2 is 1.83 bits per heavy atom. The smallest absolute Gasteiger partial charge is 0.387 e. The number of anilines is 2. The lowest BCUT2D eigenvalue weighted by Gasteiger charge is -2.45. The van der Waals surface area contributed by atoms with Crippen molar-refractivity contribution in [2.45, 2.75) is 57.0 Å². The fourth-order valence-corrected chi connectivity index (χ4v) is 5.85. The molecule has 0 saturated heterocycles. The molecule has 0 spiro atoms. The summed E-state index contributed by atoms with van der Waals surface area (Å²) in [6, 6.07) is 9.99. The van der Waals surface area contributed by atoms with Crippen molar-refractivity contribution in [3.05, 3.63) is 70.0 Å². The van der Waals surface area contributed by atoms with E-state index in [-0.39, 0.29) is 51.6 Å². The minimum absolute atomic E-state index is 0.0476. The number of methoxy groups -OCH3 is 1. The number of halogens is 4. The minimum atomic E-state index is -3.13. The number of amides is 1. The van der Waals surface area contributed by atoms with Crippen LogP contribution < -0.4 is 24.4 Å². The first-order chi connectivity index (χ1) is 19.7. The van der Waals surface area contributed by atoms with Gasteiger partial charge < -0.3 is 29.5 Å². The van der Waals surface area contributed by atoms with Crippen LogP contribution in [0.25, 0.3) is 0 Å². The molecule has 1 aliphatic heterocycles. The van der Waals surface area contributed by atoms with Crippen molar-refractivity contribution in [1.29, 1.82) is 0 Å². The van der Waals surface area contributed by atoms with Crippen LogP contribution in [-0.2, 0) is 6.54 Å². The van der Waals surface area contributed by atoms with Gasteiger partial charge in [0.05, 0.1) is 40.6 Å². The summed E-state index contributed by atoms with van der Waals surface area (Å²) in [5, 5.41) is 14.6. The number of fused-ring (bicyclic) bond motifs is 1. The van der Waals surface area contributed by atoms with E-state index in [0.717, 1.165) is 24.8 Å². The van der Waals surface area contributed by atoms with Crippen LogP contribution in [0.15, 0.2) is 48.8 Å². The maximum Gasteiger partial charge on any atom is 0.387 e. The van der Waals surface area contributed by atoms with Crippen LogP contribution in [0.2, 0.25) is 10.0 Å². The summed E-state index contributed by atoms with van der Waals surface area (Å²) in [5.41, 5.74) is 0.205. The Kier molecular flexibility index (Phi) is 8.72. The number of hydrogen-bond donors (Lipinski definition) is 2. The molecule has 8 nitrogen and oxygen atoms in total. The van der Waals surface area contributed by atoms with Gasteiger partial charge in [-0.2, -0.15) is 8.78 Å². The van der Waals surface area contributed by atoms with E-state index in [1.807, 2.05) is 17.0 Å². The molecule has 0 bridgehead atoms. The van der Waals surface area contributed by atoms with Gasteiger partial charge in [0.1, 0.15) is 17.5 Å². The van der Waals surface area contributed by atoms with Crippen LogP contribution in [0.3, 0.4) is 0 Å². The number of hydrogen-bond acceptors (Lipinski definition) is 7. The average Bonchev–Trinajstić information content (AvgIpc) is 2.95. The molecule has 2 heterocycles. The first-order valence-corrected chi connectivity index (χ1v) is 13.9. The van der Waals surface area contributed by atoms with E-state index >= 15 is 0 Å². The lowest BCUT2D eigenvalue weighted by Crippen LogP contribution is -2.55. The Bertz CT molecular complexity index is 1380. The fourth-order valence-electron chi connectivity index (χ4n) is 5.40. The minimum Gasteiger partial charge on any atom is -0.497 e. The van der Waals surface area contributed by atoms with Crippen molar-refractivity contribution < 1.29 is 32.9 Å². The van der Waals surface area contributed by atoms with Crippen molar-refractivity contribution in [3.63, 3.8) is 0 Å². The van der Waals surface area contributed by atoms with Gasteiger partial charge in [-0.25, -0.2) is 0 Å². The van der Waals surface area contributed by atoms with Crippen molar-refractivity contribution in [2.75, 3.05) is 23.9 Å². The fraction of sp³-hybridized carbons (Fsp3) is 0.379. The monoisotopic (exact) mass is 607 g/mol. The Morgan fingerprint density at radius 3 is 2.46 bits per heavy atom. The van der Waals surface area contributed by atoms with Crippen molar-refractivity contribution in [2.24, 2.45) is 0 Å². The summed E-state index contributed by atoms with van der Waals surface area (Å²) in [4.78, 5) is 19.4. The van der Waals surface area contributed by atoms with E-state index in [9.17, 15) is 18.7 Å². The highest BCUT2D eigenvalue weighted by Crippen LogP contribution is 2.48. The molecule has 1 amide bonds. The molecule has 2 aliphatic rings. The van der Waals surface area contributed by atoms with Gasteiger partial charge in [0.2, 0.25) is 0 Å². The number of alkyl halides is 2. The molecule has 218 valence electrons. The molecular formula is C29H29Cl2F2N3O5. The van der Waals surface area contributed by atoms with Crippen LogP contribution in [0.4, 0.5) is 20.2 Å². The van der Waals surface area contributed by atoms with E-state index in [0.29, 0.717) is 18.6 Å². The van der Waals surface area contributed by atoms with Gasteiger partial charge in [-0.1, -0.05) is 54.6 Å². The second kappa shape index (κ2) is 12.3. The normalized spacial score (nSPS) is 17.9. The number of aromatic nitrogens is 1. The highest BCUT2D eigenvalue weighted by molar-refractivity contribution is 6.39. The number of carbonyl (C=O) groups is 1. The number of ether oxygens (including phenoxy) is 3. The molecule has 1 unspecified atom stereocenters. The molecule has 1 atom stereocenters. The largest absolute Gasteiger partial charge is 0.497 e. The number of carbonyl (C=O) groups excluding carboxylic acids is 1. The zero-order valence-electron chi connectivity index (χ0n) is 22.2. The average molecular weight is 608 g/mol. The quantitative estimate of drug-likeness (QED) is 0.294. The zero-order chi connectivity index (χ0) is 29.1. The SMILES string of the molecule is COc1ccc(CN2CC(C3(O)CCCCC3)Oc3c(OC(F)F)ccc(C(=O)Nc4c(Cl)cncc4Cl)c32)cc1. The number of nitrogens with zero attached hydrogens (tertiary/aromatic N) is 2.